The highest BCUT2D eigenvalue weighted by atomic mass is 19.3. The number of ketones is 1. The van der Waals surface area contributed by atoms with Crippen LogP contribution >= 0.6 is 0 Å². The molecule has 1 aromatic heterocycles. The summed E-state index contributed by atoms with van der Waals surface area (Å²) in [5.41, 5.74) is 1.32. The summed E-state index contributed by atoms with van der Waals surface area (Å²) in [7, 11) is 0. The van der Waals surface area contributed by atoms with E-state index >= 15 is 0 Å². The van der Waals surface area contributed by atoms with Crippen LogP contribution in [-0.4, -0.2) is 22.7 Å². The third-order valence-corrected chi connectivity index (χ3v) is 5.85. The molecule has 2 fully saturated rings. The van der Waals surface area contributed by atoms with Crippen LogP contribution in [0, 0.1) is 11.8 Å². The summed E-state index contributed by atoms with van der Waals surface area (Å²) < 4.78 is 34.6. The van der Waals surface area contributed by atoms with Crippen molar-refractivity contribution in [2.45, 2.75) is 71.5 Å². The van der Waals surface area contributed by atoms with E-state index in [4.69, 9.17) is 4.52 Å². The van der Waals surface area contributed by atoms with Gasteiger partial charge in [-0.05, 0) is 44.2 Å². The van der Waals surface area contributed by atoms with Crippen LogP contribution in [-0.2, 0) is 11.4 Å². The Hall–Kier alpha value is -2.28. The van der Waals surface area contributed by atoms with Crippen molar-refractivity contribution in [2.75, 3.05) is 0 Å². The third-order valence-electron chi connectivity index (χ3n) is 5.85. The van der Waals surface area contributed by atoms with Crippen LogP contribution in [0.3, 0.4) is 0 Å². The topological polar surface area (TPSA) is 72.6 Å². The van der Waals surface area contributed by atoms with Gasteiger partial charge in [0.25, 0.3) is 0 Å². The molecule has 0 spiro atoms. The first-order chi connectivity index (χ1) is 14.5. The predicted molar refractivity (Wildman–Crippen MR) is 108 cm³/mol. The lowest BCUT2D eigenvalue weighted by Gasteiger charge is -2.23. The molecule has 2 aromatic rings. The molecule has 1 aromatic carbocycles. The molecule has 2 atom stereocenters. The van der Waals surface area contributed by atoms with Crippen molar-refractivity contribution in [1.29, 1.82) is 0 Å². The zero-order valence-electron chi connectivity index (χ0n) is 17.4. The first-order valence-electron chi connectivity index (χ1n) is 10.6. The lowest BCUT2D eigenvalue weighted by molar-refractivity contribution is -0.128. The Labute approximate surface area is 175 Å². The molecule has 0 radical (unpaired) electrons. The predicted octanol–water partition coefficient (Wildman–Crippen LogP) is 5.71. The van der Waals surface area contributed by atoms with Gasteiger partial charge in [-0.1, -0.05) is 37.6 Å². The minimum atomic E-state index is -2.91. The molecular formula is C23H29F2NO4. The summed E-state index contributed by atoms with van der Waals surface area (Å²) in [5, 5.41) is 13.4. The number of alkyl halides is 2. The second-order valence-electron chi connectivity index (χ2n) is 8.02. The largest absolute Gasteiger partial charge is 0.434 e. The molecule has 1 heterocycles. The van der Waals surface area contributed by atoms with Crippen LogP contribution in [0.15, 0.2) is 28.8 Å². The first-order valence-corrected chi connectivity index (χ1v) is 10.6. The van der Waals surface area contributed by atoms with Crippen LogP contribution in [0.1, 0.15) is 69.6 Å². The highest BCUT2D eigenvalue weighted by Gasteiger charge is 2.33. The number of carbonyl (C=O) groups is 1. The molecule has 2 saturated carbocycles. The van der Waals surface area contributed by atoms with E-state index in [9.17, 15) is 18.7 Å². The monoisotopic (exact) mass is 421 g/mol. The summed E-state index contributed by atoms with van der Waals surface area (Å²) in [5.74, 6) is 2.19. The number of para-hydroxylation sites is 1. The SMILES string of the molecule is CCC1CCCC(C)C1=O.OCc1c(-c2ccccc2OC(F)F)noc1C1CC1. The summed E-state index contributed by atoms with van der Waals surface area (Å²) in [4.78, 5) is 11.4. The smallest absolute Gasteiger partial charge is 0.387 e. The average molecular weight is 421 g/mol. The average Bonchev–Trinajstić information content (AvgIpc) is 3.49. The zero-order chi connectivity index (χ0) is 21.7. The van der Waals surface area contributed by atoms with Crippen LogP contribution in [0.25, 0.3) is 11.3 Å². The number of hydrogen-bond acceptors (Lipinski definition) is 5. The normalized spacial score (nSPS) is 21.3. The van der Waals surface area contributed by atoms with Gasteiger partial charge in [-0.2, -0.15) is 8.78 Å². The van der Waals surface area contributed by atoms with Crippen molar-refractivity contribution in [3.05, 3.63) is 35.6 Å². The van der Waals surface area contributed by atoms with E-state index in [1.54, 1.807) is 18.2 Å². The van der Waals surface area contributed by atoms with Crippen molar-refractivity contribution >= 4 is 5.78 Å². The standard InChI is InChI=1S/C14H13F2NO3.C9H16O/c15-14(16)19-11-4-2-1-3-9(11)12-10(7-18)13(20-17-12)8-5-6-8;1-3-8-6-4-5-7(2)9(8)10/h1-4,8,14,18H,5-7H2;7-8H,3-6H2,1-2H3. The molecule has 2 aliphatic rings. The Morgan fingerprint density at radius 3 is 2.57 bits per heavy atom. The molecule has 0 bridgehead atoms. The van der Waals surface area contributed by atoms with E-state index in [0.29, 0.717) is 40.2 Å². The molecular weight excluding hydrogens is 392 g/mol. The molecule has 5 nitrogen and oxygen atoms in total. The molecule has 4 rings (SSSR count). The minimum absolute atomic E-state index is 0.0212. The number of rotatable bonds is 6. The van der Waals surface area contributed by atoms with E-state index < -0.39 is 6.61 Å². The number of carbonyl (C=O) groups excluding carboxylic acids is 1. The van der Waals surface area contributed by atoms with Gasteiger partial charge in [0.15, 0.2) is 0 Å². The van der Waals surface area contributed by atoms with E-state index in [2.05, 4.69) is 23.7 Å². The zero-order valence-corrected chi connectivity index (χ0v) is 17.4. The van der Waals surface area contributed by atoms with Crippen LogP contribution in [0.2, 0.25) is 0 Å². The van der Waals surface area contributed by atoms with Gasteiger partial charge in [0.1, 0.15) is 23.0 Å². The molecule has 0 saturated heterocycles. The van der Waals surface area contributed by atoms with Crippen LogP contribution in [0.5, 0.6) is 5.75 Å². The highest BCUT2D eigenvalue weighted by molar-refractivity contribution is 5.83. The minimum Gasteiger partial charge on any atom is -0.434 e. The van der Waals surface area contributed by atoms with Crippen molar-refractivity contribution < 1.29 is 27.9 Å². The van der Waals surface area contributed by atoms with Crippen molar-refractivity contribution in [3.8, 4) is 17.0 Å². The summed E-state index contributed by atoms with van der Waals surface area (Å²) in [6.45, 7) is 1.02. The van der Waals surface area contributed by atoms with Crippen molar-refractivity contribution in [1.82, 2.24) is 5.16 Å². The quantitative estimate of drug-likeness (QED) is 0.646. The number of Topliss-reactive ketones (excluding diaryl/α,β-unsaturated/α-hetero) is 1. The Balaban J connectivity index is 0.000000216. The number of ether oxygens (including phenoxy) is 1. The maximum Gasteiger partial charge on any atom is 0.387 e. The Bertz CT molecular complexity index is 847. The fourth-order valence-electron chi connectivity index (χ4n) is 3.98. The van der Waals surface area contributed by atoms with Gasteiger partial charge >= 0.3 is 6.61 Å². The molecule has 0 aliphatic heterocycles. The molecule has 30 heavy (non-hydrogen) atoms. The summed E-state index contributed by atoms with van der Waals surface area (Å²) >= 11 is 0. The molecule has 0 amide bonds. The molecule has 7 heteroatoms. The maximum atomic E-state index is 12.4. The molecule has 1 N–H and O–H groups in total. The summed E-state index contributed by atoms with van der Waals surface area (Å²) in [6, 6.07) is 6.35. The fourth-order valence-corrected chi connectivity index (χ4v) is 3.98. The number of aliphatic hydroxyl groups is 1. The third kappa shape index (κ3) is 5.25. The highest BCUT2D eigenvalue weighted by Crippen LogP contribution is 2.45. The van der Waals surface area contributed by atoms with Gasteiger partial charge < -0.3 is 14.4 Å². The van der Waals surface area contributed by atoms with Crippen LogP contribution < -0.4 is 4.74 Å². The second kappa shape index (κ2) is 10.2. The molecule has 164 valence electrons. The number of nitrogens with zero attached hydrogens (tertiary/aromatic N) is 1. The van der Waals surface area contributed by atoms with E-state index in [0.717, 1.165) is 32.1 Å². The number of halogens is 2. The summed E-state index contributed by atoms with van der Waals surface area (Å²) in [6.07, 6.45) is 6.55. The van der Waals surface area contributed by atoms with Gasteiger partial charge in [-0.25, -0.2) is 0 Å². The lowest BCUT2D eigenvalue weighted by Crippen LogP contribution is -2.25. The first kappa shape index (κ1) is 22.4. The van der Waals surface area contributed by atoms with Gasteiger partial charge in [0, 0.05) is 28.9 Å². The molecule has 2 unspecified atom stereocenters. The van der Waals surface area contributed by atoms with Gasteiger partial charge in [0.05, 0.1) is 6.61 Å². The Morgan fingerprint density at radius 2 is 1.97 bits per heavy atom. The van der Waals surface area contributed by atoms with Gasteiger partial charge in [0.2, 0.25) is 0 Å². The van der Waals surface area contributed by atoms with E-state index in [-0.39, 0.29) is 18.3 Å². The molecule has 2 aliphatic carbocycles. The van der Waals surface area contributed by atoms with Gasteiger partial charge in [-0.3, -0.25) is 4.79 Å². The number of aromatic nitrogens is 1. The van der Waals surface area contributed by atoms with E-state index in [1.807, 2.05) is 0 Å². The van der Waals surface area contributed by atoms with Crippen molar-refractivity contribution in [2.24, 2.45) is 11.8 Å². The number of hydrogen-bond donors (Lipinski definition) is 1. The second-order valence-corrected chi connectivity index (χ2v) is 8.02. The Morgan fingerprint density at radius 1 is 1.23 bits per heavy atom. The number of benzene rings is 1. The van der Waals surface area contributed by atoms with Crippen LogP contribution in [0.4, 0.5) is 8.78 Å². The lowest BCUT2D eigenvalue weighted by atomic mass is 9.80. The number of aliphatic hydroxyl groups excluding tert-OH is 1. The fraction of sp³-hybridized carbons (Fsp3) is 0.565. The van der Waals surface area contributed by atoms with Crippen molar-refractivity contribution in [3.63, 3.8) is 0 Å². The van der Waals surface area contributed by atoms with Gasteiger partial charge in [-0.15, -0.1) is 0 Å². The maximum absolute atomic E-state index is 12.4. The van der Waals surface area contributed by atoms with E-state index in [1.165, 1.54) is 12.5 Å². The Kier molecular flexibility index (Phi) is 7.58.